The lowest BCUT2D eigenvalue weighted by Crippen LogP contribution is -2.35. The first-order valence-corrected chi connectivity index (χ1v) is 9.78. The van der Waals surface area contributed by atoms with Gasteiger partial charge in [-0.05, 0) is 55.3 Å². The maximum Gasteiger partial charge on any atom is 0.280 e. The summed E-state index contributed by atoms with van der Waals surface area (Å²) in [6.07, 6.45) is -0.852. The van der Waals surface area contributed by atoms with E-state index < -0.39 is 17.9 Å². The number of halogens is 3. The number of carbonyl (C=O) groups is 1. The first-order valence-electron chi connectivity index (χ1n) is 9.78. The van der Waals surface area contributed by atoms with Crippen LogP contribution in [0.1, 0.15) is 35.0 Å². The summed E-state index contributed by atoms with van der Waals surface area (Å²) in [7, 11) is 0. The number of amides is 1. The molecule has 8 heteroatoms. The summed E-state index contributed by atoms with van der Waals surface area (Å²) in [4.78, 5) is 19.6. The lowest BCUT2D eigenvalue weighted by Gasteiger charge is -2.22. The molecular formula is C23H17F3N4O. The second-order valence-electron chi connectivity index (χ2n) is 7.52. The molecule has 5 nitrogen and oxygen atoms in total. The van der Waals surface area contributed by atoms with E-state index in [9.17, 15) is 18.0 Å². The topological polar surface area (TPSA) is 50.5 Å². The molecule has 156 valence electrons. The van der Waals surface area contributed by atoms with Crippen LogP contribution < -0.4 is 4.90 Å². The van der Waals surface area contributed by atoms with Gasteiger partial charge in [-0.3, -0.25) is 4.79 Å². The summed E-state index contributed by atoms with van der Waals surface area (Å²) in [6, 6.07) is 14.1. The highest BCUT2D eigenvalue weighted by molar-refractivity contribution is 6.11. The zero-order chi connectivity index (χ0) is 21.7. The standard InChI is InChI=1S/C23H17F3N4O/c1-13-10-15-4-2-3-5-19(15)29(13)23(31)17-12-27-30-20(21(25)26)11-18(28-22(17)30)14-6-8-16(24)9-7-14/h2-9,11-13,21H,10H2,1H3. The molecule has 2 aromatic heterocycles. The number of anilines is 1. The molecule has 31 heavy (non-hydrogen) atoms. The maximum atomic E-state index is 13.8. The highest BCUT2D eigenvalue weighted by atomic mass is 19.3. The minimum atomic E-state index is -2.83. The number of hydrogen-bond acceptors (Lipinski definition) is 3. The van der Waals surface area contributed by atoms with E-state index in [0.29, 0.717) is 12.0 Å². The molecule has 0 bridgehead atoms. The molecule has 2 aromatic carbocycles. The largest absolute Gasteiger partial charge is 0.305 e. The number of nitrogens with zero attached hydrogens (tertiary/aromatic N) is 4. The molecule has 1 unspecified atom stereocenters. The predicted octanol–water partition coefficient (Wildman–Crippen LogP) is 5.06. The molecule has 1 aliphatic rings. The van der Waals surface area contributed by atoms with E-state index in [-0.39, 0.29) is 28.9 Å². The number of rotatable bonds is 3. The number of carbonyl (C=O) groups excluding carboxylic acids is 1. The number of fused-ring (bicyclic) bond motifs is 2. The van der Waals surface area contributed by atoms with Gasteiger partial charge in [-0.25, -0.2) is 22.7 Å². The van der Waals surface area contributed by atoms with Gasteiger partial charge in [0.1, 0.15) is 17.1 Å². The van der Waals surface area contributed by atoms with Gasteiger partial charge in [0.2, 0.25) is 0 Å². The zero-order valence-electron chi connectivity index (χ0n) is 16.5. The van der Waals surface area contributed by atoms with Gasteiger partial charge >= 0.3 is 0 Å². The van der Waals surface area contributed by atoms with E-state index in [2.05, 4.69) is 10.1 Å². The second-order valence-corrected chi connectivity index (χ2v) is 7.52. The predicted molar refractivity (Wildman–Crippen MR) is 110 cm³/mol. The van der Waals surface area contributed by atoms with Gasteiger partial charge in [0.05, 0.1) is 11.9 Å². The summed E-state index contributed by atoms with van der Waals surface area (Å²) in [6.45, 7) is 1.94. The third-order valence-electron chi connectivity index (χ3n) is 5.52. The first kappa shape index (κ1) is 19.3. The first-order chi connectivity index (χ1) is 14.9. The van der Waals surface area contributed by atoms with Crippen molar-refractivity contribution in [3.05, 3.63) is 83.4 Å². The minimum Gasteiger partial charge on any atom is -0.305 e. The van der Waals surface area contributed by atoms with Crippen LogP contribution in [-0.4, -0.2) is 26.5 Å². The van der Waals surface area contributed by atoms with E-state index in [1.807, 2.05) is 31.2 Å². The van der Waals surface area contributed by atoms with Gasteiger partial charge < -0.3 is 4.90 Å². The Hall–Kier alpha value is -3.68. The van der Waals surface area contributed by atoms with Crippen molar-refractivity contribution in [3.63, 3.8) is 0 Å². The van der Waals surface area contributed by atoms with Crippen LogP contribution in [0.15, 0.2) is 60.8 Å². The van der Waals surface area contributed by atoms with Crippen LogP contribution in [0.5, 0.6) is 0 Å². The summed E-state index contributed by atoms with van der Waals surface area (Å²) in [5.41, 5.74) is 2.31. The van der Waals surface area contributed by atoms with Crippen LogP contribution in [0.25, 0.3) is 16.9 Å². The summed E-state index contributed by atoms with van der Waals surface area (Å²) in [5, 5.41) is 4.03. The Morgan fingerprint density at radius 3 is 2.61 bits per heavy atom. The van der Waals surface area contributed by atoms with Crippen LogP contribution in [0, 0.1) is 5.82 Å². The van der Waals surface area contributed by atoms with E-state index in [4.69, 9.17) is 0 Å². The number of para-hydroxylation sites is 1. The van der Waals surface area contributed by atoms with Gasteiger partial charge in [0, 0.05) is 17.3 Å². The Balaban J connectivity index is 1.66. The van der Waals surface area contributed by atoms with Gasteiger partial charge in [-0.2, -0.15) is 5.10 Å². The van der Waals surface area contributed by atoms with Crippen LogP contribution in [0.4, 0.5) is 18.9 Å². The van der Waals surface area contributed by atoms with E-state index in [0.717, 1.165) is 15.8 Å². The second kappa shape index (κ2) is 7.23. The third kappa shape index (κ3) is 3.15. The molecule has 0 spiro atoms. The fourth-order valence-corrected chi connectivity index (χ4v) is 4.07. The molecule has 0 aliphatic carbocycles. The van der Waals surface area contributed by atoms with Crippen molar-refractivity contribution in [2.75, 3.05) is 4.90 Å². The van der Waals surface area contributed by atoms with Gasteiger partial charge in [-0.1, -0.05) is 18.2 Å². The Labute approximate surface area is 175 Å². The average Bonchev–Trinajstić information content (AvgIpc) is 3.33. The summed E-state index contributed by atoms with van der Waals surface area (Å²) < 4.78 is 41.9. The lowest BCUT2D eigenvalue weighted by atomic mass is 10.1. The monoisotopic (exact) mass is 422 g/mol. The molecule has 5 rings (SSSR count). The fraction of sp³-hybridized carbons (Fsp3) is 0.174. The smallest absolute Gasteiger partial charge is 0.280 e. The highest BCUT2D eigenvalue weighted by Crippen LogP contribution is 2.34. The molecule has 4 aromatic rings. The van der Waals surface area contributed by atoms with Crippen molar-refractivity contribution in [1.29, 1.82) is 0 Å². The minimum absolute atomic E-state index is 0.0405. The molecule has 0 saturated carbocycles. The number of benzene rings is 2. The van der Waals surface area contributed by atoms with Crippen LogP contribution in [0.2, 0.25) is 0 Å². The van der Waals surface area contributed by atoms with Crippen LogP contribution in [0.3, 0.4) is 0 Å². The Kier molecular flexibility index (Phi) is 4.50. The molecule has 3 heterocycles. The Morgan fingerprint density at radius 2 is 1.87 bits per heavy atom. The molecule has 0 N–H and O–H groups in total. The van der Waals surface area contributed by atoms with Crippen molar-refractivity contribution in [1.82, 2.24) is 14.6 Å². The van der Waals surface area contributed by atoms with Crippen molar-refractivity contribution in [3.8, 4) is 11.3 Å². The van der Waals surface area contributed by atoms with Crippen molar-refractivity contribution in [2.24, 2.45) is 0 Å². The summed E-state index contributed by atoms with van der Waals surface area (Å²) in [5.74, 6) is -0.794. The molecule has 1 aliphatic heterocycles. The molecule has 1 amide bonds. The van der Waals surface area contributed by atoms with E-state index in [1.54, 1.807) is 4.90 Å². The van der Waals surface area contributed by atoms with Crippen molar-refractivity contribution < 1.29 is 18.0 Å². The van der Waals surface area contributed by atoms with Gasteiger partial charge in [0.15, 0.2) is 5.65 Å². The quantitative estimate of drug-likeness (QED) is 0.464. The molecular weight excluding hydrogens is 405 g/mol. The van der Waals surface area contributed by atoms with E-state index in [1.165, 1.54) is 36.5 Å². The Morgan fingerprint density at radius 1 is 1.13 bits per heavy atom. The highest BCUT2D eigenvalue weighted by Gasteiger charge is 2.33. The average molecular weight is 422 g/mol. The molecule has 0 saturated heterocycles. The normalized spacial score (nSPS) is 15.6. The Bertz CT molecular complexity index is 1300. The zero-order valence-corrected chi connectivity index (χ0v) is 16.5. The van der Waals surface area contributed by atoms with Crippen molar-refractivity contribution >= 4 is 17.2 Å². The van der Waals surface area contributed by atoms with Gasteiger partial charge in [-0.15, -0.1) is 0 Å². The number of aromatic nitrogens is 3. The molecule has 0 fully saturated rings. The van der Waals surface area contributed by atoms with Crippen LogP contribution in [-0.2, 0) is 6.42 Å². The number of hydrogen-bond donors (Lipinski definition) is 0. The van der Waals surface area contributed by atoms with Gasteiger partial charge in [0.25, 0.3) is 12.3 Å². The van der Waals surface area contributed by atoms with Crippen molar-refractivity contribution in [2.45, 2.75) is 25.8 Å². The SMILES string of the molecule is CC1Cc2ccccc2N1C(=O)c1cnn2c(C(F)F)cc(-c3ccc(F)cc3)nc12. The third-order valence-corrected chi connectivity index (χ3v) is 5.52. The summed E-state index contributed by atoms with van der Waals surface area (Å²) >= 11 is 0. The molecule has 0 radical (unpaired) electrons. The molecule has 1 atom stereocenters. The maximum absolute atomic E-state index is 13.8. The fourth-order valence-electron chi connectivity index (χ4n) is 4.07. The lowest BCUT2D eigenvalue weighted by molar-refractivity contribution is 0.0982. The van der Waals surface area contributed by atoms with E-state index >= 15 is 0 Å². The van der Waals surface area contributed by atoms with Crippen LogP contribution >= 0.6 is 0 Å². The number of alkyl halides is 2.